The molecule has 8 nitrogen and oxygen atoms in total. The fourth-order valence-corrected chi connectivity index (χ4v) is 9.66. The van der Waals surface area contributed by atoms with Crippen molar-refractivity contribution in [1.29, 1.82) is 0 Å². The van der Waals surface area contributed by atoms with Crippen molar-refractivity contribution >= 4 is 13.7 Å². The third-order valence-corrected chi connectivity index (χ3v) is 14.6. The van der Waals surface area contributed by atoms with Crippen molar-refractivity contribution in [3.05, 3.63) is 36.5 Å². The zero-order chi connectivity index (χ0) is 50.6. The molecular weight excluding hydrogens is 876 g/mol. The Labute approximate surface area is 429 Å². The lowest BCUT2D eigenvalue weighted by Gasteiger charge is -2.30. The molecular formula is C60H117N2O6P. The first-order valence-electron chi connectivity index (χ1n) is 29.8. The van der Waals surface area contributed by atoms with E-state index in [2.05, 4.69) is 55.6 Å². The molecule has 0 bridgehead atoms. The summed E-state index contributed by atoms with van der Waals surface area (Å²) in [7, 11) is 1.31. The third-order valence-electron chi connectivity index (χ3n) is 13.6. The zero-order valence-electron chi connectivity index (χ0n) is 46.5. The van der Waals surface area contributed by atoms with Gasteiger partial charge in [-0.2, -0.15) is 0 Å². The second kappa shape index (κ2) is 51.6. The van der Waals surface area contributed by atoms with Gasteiger partial charge in [-0.25, -0.2) is 0 Å². The number of carbonyl (C=O) groups excluding carboxylic acids is 1. The van der Waals surface area contributed by atoms with Gasteiger partial charge in [0.1, 0.15) is 13.2 Å². The molecule has 0 aromatic rings. The Hall–Kier alpha value is -1.28. The van der Waals surface area contributed by atoms with Gasteiger partial charge in [0.05, 0.1) is 39.9 Å². The number of likely N-dealkylation sites (N-methyl/N-ethyl adjacent to an activating group) is 1. The van der Waals surface area contributed by atoms with E-state index in [1.165, 1.54) is 212 Å². The molecule has 3 unspecified atom stereocenters. The van der Waals surface area contributed by atoms with Crippen LogP contribution in [0.4, 0.5) is 0 Å². The number of hydrogen-bond acceptors (Lipinski definition) is 6. The molecule has 0 radical (unpaired) electrons. The molecule has 0 fully saturated rings. The summed E-state index contributed by atoms with van der Waals surface area (Å²) in [6.07, 6.45) is 66.4. The fourth-order valence-electron chi connectivity index (χ4n) is 8.93. The van der Waals surface area contributed by atoms with Crippen LogP contribution in [0.1, 0.15) is 290 Å². The highest BCUT2D eigenvalue weighted by atomic mass is 31.2. The van der Waals surface area contributed by atoms with Crippen molar-refractivity contribution in [2.24, 2.45) is 0 Å². The molecule has 0 saturated heterocycles. The molecule has 0 aromatic carbocycles. The molecule has 0 rings (SSSR count). The normalized spacial score (nSPS) is 14.1. The Bertz CT molecular complexity index is 1220. The smallest absolute Gasteiger partial charge is 0.268 e. The summed E-state index contributed by atoms with van der Waals surface area (Å²) < 4.78 is 23.3. The second-order valence-electron chi connectivity index (χ2n) is 21.7. The van der Waals surface area contributed by atoms with Crippen LogP contribution < -0.4 is 10.2 Å². The van der Waals surface area contributed by atoms with Gasteiger partial charge in [-0.3, -0.25) is 9.36 Å². The predicted molar refractivity (Wildman–Crippen MR) is 298 cm³/mol. The first-order valence-corrected chi connectivity index (χ1v) is 31.3. The maximum atomic E-state index is 12.9. The van der Waals surface area contributed by atoms with E-state index in [4.69, 9.17) is 9.05 Å². The average Bonchev–Trinajstić information content (AvgIpc) is 3.31. The van der Waals surface area contributed by atoms with Gasteiger partial charge in [0, 0.05) is 6.42 Å². The standard InChI is InChI=1S/C60H117N2O6P/c1-6-8-10-12-14-16-18-19-20-21-22-23-24-25-26-27-28-29-30-31-32-33-34-35-36-37-38-39-40-41-42-43-44-46-48-50-52-54-60(64)61-58(57-68-69(65,66)67-56-55-62(3,4)5)59(63)53-51-49-47-45-17-15-13-11-9-7-2/h18-19,21-22,24-25,58-59,63H,6-17,20,23,26-57H2,1-5H3,(H-,61,64,65,66)/b19-18-,22-21-,25-24-. The van der Waals surface area contributed by atoms with Gasteiger partial charge in [0.15, 0.2) is 0 Å². The Morgan fingerprint density at radius 1 is 0.507 bits per heavy atom. The summed E-state index contributed by atoms with van der Waals surface area (Å²) in [5, 5.41) is 13.9. The van der Waals surface area contributed by atoms with Crippen LogP contribution in [0.5, 0.6) is 0 Å². The highest BCUT2D eigenvalue weighted by molar-refractivity contribution is 7.45. The second-order valence-corrected chi connectivity index (χ2v) is 23.1. The number of nitrogens with one attached hydrogen (secondary N) is 1. The number of amides is 1. The number of quaternary nitrogens is 1. The van der Waals surface area contributed by atoms with Gasteiger partial charge in [0.2, 0.25) is 5.91 Å². The largest absolute Gasteiger partial charge is 0.756 e. The lowest BCUT2D eigenvalue weighted by atomic mass is 10.0. The molecule has 1 amide bonds. The minimum atomic E-state index is -4.56. The highest BCUT2D eigenvalue weighted by Gasteiger charge is 2.24. The van der Waals surface area contributed by atoms with Gasteiger partial charge in [-0.1, -0.05) is 269 Å². The average molecular weight is 994 g/mol. The molecule has 0 aliphatic rings. The number of nitrogens with zero attached hydrogens (tertiary/aromatic N) is 1. The summed E-state index contributed by atoms with van der Waals surface area (Å²) in [6.45, 7) is 4.71. The summed E-state index contributed by atoms with van der Waals surface area (Å²) in [5.41, 5.74) is 0. The lowest BCUT2D eigenvalue weighted by Crippen LogP contribution is -2.46. The molecule has 408 valence electrons. The van der Waals surface area contributed by atoms with Gasteiger partial charge < -0.3 is 28.8 Å². The maximum absolute atomic E-state index is 12.9. The quantitative estimate of drug-likeness (QED) is 0.0272. The van der Waals surface area contributed by atoms with Crippen LogP contribution in [0.2, 0.25) is 0 Å². The Morgan fingerprint density at radius 2 is 0.841 bits per heavy atom. The Balaban J connectivity index is 3.84. The molecule has 0 saturated carbocycles. The van der Waals surface area contributed by atoms with E-state index in [1.807, 2.05) is 21.1 Å². The van der Waals surface area contributed by atoms with E-state index >= 15 is 0 Å². The van der Waals surface area contributed by atoms with E-state index in [-0.39, 0.29) is 19.1 Å². The summed E-state index contributed by atoms with van der Waals surface area (Å²) in [5.74, 6) is -0.162. The van der Waals surface area contributed by atoms with Gasteiger partial charge in [-0.05, 0) is 51.4 Å². The summed E-state index contributed by atoms with van der Waals surface area (Å²) in [6, 6.07) is -0.796. The number of phosphoric acid groups is 1. The van der Waals surface area contributed by atoms with Gasteiger partial charge in [0.25, 0.3) is 7.82 Å². The number of phosphoric ester groups is 1. The number of aliphatic hydroxyl groups is 1. The number of carbonyl (C=O) groups is 1. The molecule has 0 aliphatic carbocycles. The topological polar surface area (TPSA) is 108 Å². The zero-order valence-corrected chi connectivity index (χ0v) is 47.4. The number of allylic oxidation sites excluding steroid dienone is 6. The van der Waals surface area contributed by atoms with Gasteiger partial charge >= 0.3 is 0 Å². The van der Waals surface area contributed by atoms with Crippen LogP contribution in [0, 0.1) is 0 Å². The van der Waals surface area contributed by atoms with Crippen LogP contribution in [-0.2, 0) is 18.4 Å². The van der Waals surface area contributed by atoms with Crippen LogP contribution in [0.25, 0.3) is 0 Å². The fraction of sp³-hybridized carbons (Fsp3) is 0.883. The van der Waals surface area contributed by atoms with Crippen molar-refractivity contribution in [2.75, 3.05) is 40.9 Å². The van der Waals surface area contributed by atoms with E-state index in [0.29, 0.717) is 23.9 Å². The monoisotopic (exact) mass is 993 g/mol. The van der Waals surface area contributed by atoms with Crippen molar-refractivity contribution in [2.45, 2.75) is 302 Å². The molecule has 0 aromatic heterocycles. The lowest BCUT2D eigenvalue weighted by molar-refractivity contribution is -0.870. The minimum Gasteiger partial charge on any atom is -0.756 e. The molecule has 2 N–H and O–H groups in total. The maximum Gasteiger partial charge on any atom is 0.268 e. The number of rotatable bonds is 55. The van der Waals surface area contributed by atoms with Crippen molar-refractivity contribution < 1.29 is 32.9 Å². The first kappa shape index (κ1) is 67.7. The van der Waals surface area contributed by atoms with Crippen LogP contribution >= 0.6 is 7.82 Å². The van der Waals surface area contributed by atoms with Crippen LogP contribution in [0.3, 0.4) is 0 Å². The molecule has 0 heterocycles. The van der Waals surface area contributed by atoms with Crippen LogP contribution in [-0.4, -0.2) is 68.5 Å². The number of aliphatic hydroxyl groups excluding tert-OH is 1. The summed E-state index contributed by atoms with van der Waals surface area (Å²) in [4.78, 5) is 25.4. The number of hydrogen-bond donors (Lipinski definition) is 2. The first-order chi connectivity index (χ1) is 33.5. The highest BCUT2D eigenvalue weighted by Crippen LogP contribution is 2.38. The molecule has 0 spiro atoms. The van der Waals surface area contributed by atoms with E-state index in [9.17, 15) is 19.4 Å². The van der Waals surface area contributed by atoms with E-state index in [1.54, 1.807) is 0 Å². The molecule has 69 heavy (non-hydrogen) atoms. The van der Waals surface area contributed by atoms with Crippen molar-refractivity contribution in [1.82, 2.24) is 5.32 Å². The molecule has 3 atom stereocenters. The van der Waals surface area contributed by atoms with Gasteiger partial charge in [-0.15, -0.1) is 0 Å². The summed E-state index contributed by atoms with van der Waals surface area (Å²) >= 11 is 0. The van der Waals surface area contributed by atoms with E-state index < -0.39 is 20.0 Å². The van der Waals surface area contributed by atoms with Crippen LogP contribution in [0.15, 0.2) is 36.5 Å². The molecule has 9 heteroatoms. The minimum absolute atomic E-state index is 0.0138. The Kier molecular flexibility index (Phi) is 50.7. The third kappa shape index (κ3) is 54.3. The Morgan fingerprint density at radius 3 is 1.22 bits per heavy atom. The SMILES string of the molecule is CCCCCCC/C=C\C/C=C\C/C=C\CCCCCCCCCCCCCCCCCCCCCCCCC(=O)NC(COP(=O)([O-])OCC[N+](C)(C)C)C(O)CCCCCCCCCCCC. The molecule has 0 aliphatic heterocycles. The van der Waals surface area contributed by atoms with Crippen molar-refractivity contribution in [3.8, 4) is 0 Å². The predicted octanol–water partition coefficient (Wildman–Crippen LogP) is 17.5. The number of unbranched alkanes of at least 4 members (excludes halogenated alkanes) is 36. The van der Waals surface area contributed by atoms with E-state index in [0.717, 1.165) is 51.4 Å². The van der Waals surface area contributed by atoms with Crippen molar-refractivity contribution in [3.63, 3.8) is 0 Å².